The zero-order valence-electron chi connectivity index (χ0n) is 16.6. The van der Waals surface area contributed by atoms with E-state index in [1.165, 1.54) is 0 Å². The number of hydrogen-bond acceptors (Lipinski definition) is 4. The maximum absolute atomic E-state index is 12.6. The van der Waals surface area contributed by atoms with Crippen molar-refractivity contribution in [1.82, 2.24) is 10.2 Å². The summed E-state index contributed by atoms with van der Waals surface area (Å²) in [6.07, 6.45) is 5.77. The van der Waals surface area contributed by atoms with Crippen LogP contribution in [0, 0.1) is 11.8 Å². The molecule has 0 aromatic heterocycles. The molecule has 1 saturated heterocycles. The average molecular weight is 374 g/mol. The Morgan fingerprint density at radius 2 is 1.96 bits per heavy atom. The molecule has 4 N–H and O–H groups in total. The summed E-state index contributed by atoms with van der Waals surface area (Å²) in [6, 6.07) is 9.85. The molecule has 150 valence electrons. The molecule has 27 heavy (non-hydrogen) atoms. The summed E-state index contributed by atoms with van der Waals surface area (Å²) in [5.41, 5.74) is 6.97. The fraction of sp³-hybridized carbons (Fsp3) is 0.682. The van der Waals surface area contributed by atoms with Crippen LogP contribution in [0.2, 0.25) is 0 Å². The van der Waals surface area contributed by atoms with Crippen LogP contribution in [0.1, 0.15) is 57.1 Å². The molecule has 1 aromatic rings. The molecule has 1 amide bonds. The lowest BCUT2D eigenvalue weighted by Gasteiger charge is -2.38. The van der Waals surface area contributed by atoms with Gasteiger partial charge >= 0.3 is 0 Å². The van der Waals surface area contributed by atoms with Crippen LogP contribution in [0.5, 0.6) is 0 Å². The van der Waals surface area contributed by atoms with Crippen molar-refractivity contribution in [2.75, 3.05) is 26.2 Å². The molecule has 0 spiro atoms. The number of nitrogens with two attached hydrogens (primary N) is 1. The number of hydrogen-bond donors (Lipinski definition) is 3. The number of carbonyl (C=O) groups excluding carboxylic acids is 1. The third-order valence-electron chi connectivity index (χ3n) is 6.46. The zero-order valence-corrected chi connectivity index (χ0v) is 16.6. The van der Waals surface area contributed by atoms with E-state index in [4.69, 9.17) is 5.73 Å². The highest BCUT2D eigenvalue weighted by Crippen LogP contribution is 2.31. The molecule has 5 nitrogen and oxygen atoms in total. The molecule has 3 atom stereocenters. The standard InChI is InChI=1S/C22H35N3O2/c1-22(23)12-6-5-9-19(22)21(27)24-15-17-10-13-25(14-11-17)16-20(26)18-7-3-2-4-8-18/h2-4,7-8,17,19-20,26H,5-6,9-16,23H2,1H3,(H,24,27). The van der Waals surface area contributed by atoms with Crippen molar-refractivity contribution in [2.45, 2.75) is 57.1 Å². The van der Waals surface area contributed by atoms with Gasteiger partial charge in [-0.1, -0.05) is 43.2 Å². The Hall–Kier alpha value is -1.43. The number of carbonyl (C=O) groups is 1. The van der Waals surface area contributed by atoms with Gasteiger partial charge in [0, 0.05) is 18.6 Å². The molecule has 1 saturated carbocycles. The minimum absolute atomic E-state index is 0.0487. The number of aliphatic hydroxyl groups is 1. The van der Waals surface area contributed by atoms with Crippen molar-refractivity contribution >= 4 is 5.91 Å². The van der Waals surface area contributed by atoms with E-state index in [1.54, 1.807) is 0 Å². The van der Waals surface area contributed by atoms with Gasteiger partial charge < -0.3 is 21.1 Å². The van der Waals surface area contributed by atoms with Gasteiger partial charge in [0.2, 0.25) is 5.91 Å². The van der Waals surface area contributed by atoms with E-state index in [0.29, 0.717) is 12.5 Å². The van der Waals surface area contributed by atoms with Gasteiger partial charge in [-0.15, -0.1) is 0 Å². The van der Waals surface area contributed by atoms with Crippen LogP contribution in [-0.4, -0.2) is 47.6 Å². The van der Waals surface area contributed by atoms with E-state index < -0.39 is 6.10 Å². The number of amides is 1. The second kappa shape index (κ2) is 9.18. The molecule has 1 aliphatic carbocycles. The van der Waals surface area contributed by atoms with Gasteiger partial charge in [-0.05, 0) is 57.2 Å². The normalized spacial score (nSPS) is 28.6. The van der Waals surface area contributed by atoms with Crippen molar-refractivity contribution in [3.05, 3.63) is 35.9 Å². The van der Waals surface area contributed by atoms with Crippen LogP contribution in [0.4, 0.5) is 0 Å². The van der Waals surface area contributed by atoms with Gasteiger partial charge in [0.15, 0.2) is 0 Å². The molecule has 1 aliphatic heterocycles. The second-order valence-electron chi connectivity index (χ2n) is 8.72. The number of likely N-dealkylation sites (tertiary alicyclic amines) is 1. The van der Waals surface area contributed by atoms with Crippen LogP contribution in [0.25, 0.3) is 0 Å². The second-order valence-corrected chi connectivity index (χ2v) is 8.72. The van der Waals surface area contributed by atoms with Crippen LogP contribution in [0.3, 0.4) is 0 Å². The highest BCUT2D eigenvalue weighted by atomic mass is 16.3. The molecule has 3 rings (SSSR count). The first-order chi connectivity index (χ1) is 13.0. The smallest absolute Gasteiger partial charge is 0.224 e. The summed E-state index contributed by atoms with van der Waals surface area (Å²) in [5.74, 6) is 0.612. The van der Waals surface area contributed by atoms with Crippen LogP contribution in [-0.2, 0) is 4.79 Å². The highest BCUT2D eigenvalue weighted by molar-refractivity contribution is 5.80. The summed E-state index contributed by atoms with van der Waals surface area (Å²) in [7, 11) is 0. The maximum Gasteiger partial charge on any atom is 0.224 e. The van der Waals surface area contributed by atoms with E-state index >= 15 is 0 Å². The van der Waals surface area contributed by atoms with E-state index in [-0.39, 0.29) is 17.4 Å². The van der Waals surface area contributed by atoms with Crippen molar-refractivity contribution in [3.63, 3.8) is 0 Å². The molecule has 3 unspecified atom stereocenters. The number of nitrogens with zero attached hydrogens (tertiary/aromatic N) is 1. The SMILES string of the molecule is CC1(N)CCCCC1C(=O)NCC1CCN(CC(O)c2ccccc2)CC1. The Balaban J connectivity index is 1.39. The van der Waals surface area contributed by atoms with Gasteiger partial charge in [-0.3, -0.25) is 4.79 Å². The summed E-state index contributed by atoms with van der Waals surface area (Å²) in [4.78, 5) is 14.9. The monoisotopic (exact) mass is 373 g/mol. The lowest BCUT2D eigenvalue weighted by molar-refractivity contribution is -0.128. The van der Waals surface area contributed by atoms with Gasteiger partial charge in [-0.25, -0.2) is 0 Å². The predicted molar refractivity (Wildman–Crippen MR) is 108 cm³/mol. The fourth-order valence-electron chi connectivity index (χ4n) is 4.56. The summed E-state index contributed by atoms with van der Waals surface area (Å²) in [6.45, 7) is 5.40. The lowest BCUT2D eigenvalue weighted by Crippen LogP contribution is -2.53. The van der Waals surface area contributed by atoms with E-state index in [9.17, 15) is 9.90 Å². The molecular formula is C22H35N3O2. The summed E-state index contributed by atoms with van der Waals surface area (Å²) >= 11 is 0. The Labute approximate surface area is 163 Å². The van der Waals surface area contributed by atoms with Crippen LogP contribution in [0.15, 0.2) is 30.3 Å². The number of aliphatic hydroxyl groups excluding tert-OH is 1. The Kier molecular flexibility index (Phi) is 6.90. The Bertz CT molecular complexity index is 597. The number of rotatable bonds is 6. The Morgan fingerprint density at radius 3 is 2.63 bits per heavy atom. The minimum Gasteiger partial charge on any atom is -0.387 e. The topological polar surface area (TPSA) is 78.6 Å². The number of benzene rings is 1. The molecule has 0 bridgehead atoms. The van der Waals surface area contributed by atoms with Crippen molar-refractivity contribution in [3.8, 4) is 0 Å². The Morgan fingerprint density at radius 1 is 1.26 bits per heavy atom. The molecule has 5 heteroatoms. The first-order valence-corrected chi connectivity index (χ1v) is 10.5. The van der Waals surface area contributed by atoms with Gasteiger partial charge in [0.25, 0.3) is 0 Å². The highest BCUT2D eigenvalue weighted by Gasteiger charge is 2.37. The van der Waals surface area contributed by atoms with Gasteiger partial charge in [0.1, 0.15) is 0 Å². The van der Waals surface area contributed by atoms with Gasteiger partial charge in [0.05, 0.1) is 12.0 Å². The average Bonchev–Trinajstić information content (AvgIpc) is 2.67. The first kappa shape index (κ1) is 20.3. The van der Waals surface area contributed by atoms with Crippen molar-refractivity contribution < 1.29 is 9.90 Å². The largest absolute Gasteiger partial charge is 0.387 e. The van der Waals surface area contributed by atoms with Crippen molar-refractivity contribution in [2.24, 2.45) is 17.6 Å². The fourth-order valence-corrected chi connectivity index (χ4v) is 4.56. The maximum atomic E-state index is 12.6. The molecular weight excluding hydrogens is 338 g/mol. The summed E-state index contributed by atoms with van der Waals surface area (Å²) < 4.78 is 0. The van der Waals surface area contributed by atoms with E-state index in [2.05, 4.69) is 10.2 Å². The van der Waals surface area contributed by atoms with Gasteiger partial charge in [-0.2, -0.15) is 0 Å². The van der Waals surface area contributed by atoms with Crippen LogP contribution >= 0.6 is 0 Å². The molecule has 1 aromatic carbocycles. The molecule has 2 fully saturated rings. The van der Waals surface area contributed by atoms with E-state index in [1.807, 2.05) is 37.3 Å². The molecule has 0 radical (unpaired) electrons. The zero-order chi connectivity index (χ0) is 19.3. The minimum atomic E-state index is -0.434. The third kappa shape index (κ3) is 5.53. The number of piperidine rings is 1. The third-order valence-corrected chi connectivity index (χ3v) is 6.46. The van der Waals surface area contributed by atoms with Crippen molar-refractivity contribution in [1.29, 1.82) is 0 Å². The predicted octanol–water partition coefficient (Wildman–Crippen LogP) is 2.46. The van der Waals surface area contributed by atoms with E-state index in [0.717, 1.165) is 63.7 Å². The lowest BCUT2D eigenvalue weighted by atomic mass is 9.74. The summed E-state index contributed by atoms with van der Waals surface area (Å²) in [5, 5.41) is 13.6. The number of nitrogens with one attached hydrogen (secondary N) is 1. The molecule has 2 aliphatic rings. The first-order valence-electron chi connectivity index (χ1n) is 10.5. The number of β-amino-alcohol motifs (C(OH)–C–C–N with tert-alkyl or cyclic N) is 1. The quantitative estimate of drug-likeness (QED) is 0.716. The molecule has 1 heterocycles. The van der Waals surface area contributed by atoms with Crippen LogP contribution < -0.4 is 11.1 Å².